The minimum absolute atomic E-state index is 0.0635. The van der Waals surface area contributed by atoms with Gasteiger partial charge in [0.1, 0.15) is 6.61 Å². The van der Waals surface area contributed by atoms with Crippen molar-refractivity contribution in [1.29, 1.82) is 0 Å². The van der Waals surface area contributed by atoms with Crippen molar-refractivity contribution in [3.63, 3.8) is 0 Å². The molecule has 5 nitrogen and oxygen atoms in total. The molecule has 0 aromatic carbocycles. The van der Waals surface area contributed by atoms with Crippen LogP contribution in [-0.2, 0) is 19.0 Å². The van der Waals surface area contributed by atoms with Crippen LogP contribution in [0.2, 0.25) is 0 Å². The third-order valence-electron chi connectivity index (χ3n) is 7.35. The second-order valence-electron chi connectivity index (χ2n) is 11.1. The van der Waals surface area contributed by atoms with Gasteiger partial charge < -0.3 is 14.2 Å². The number of allylic oxidation sites excluding steroid dienone is 1. The number of hydrogen-bond acceptors (Lipinski definition) is 5. The lowest BCUT2D eigenvalue weighted by molar-refractivity contribution is -0.144. The second kappa shape index (κ2) is 33.3. The number of unbranched alkanes of at least 4 members (excludes halogenated alkanes) is 17. The fraction of sp³-hybridized carbons (Fsp3) is 0.912. The van der Waals surface area contributed by atoms with Gasteiger partial charge in [-0.2, -0.15) is 0 Å². The Bertz CT molecular complexity index is 476. The molecule has 0 unspecified atom stereocenters. The number of carbonyl (C=O) groups excluding carboxylic acids is 1. The van der Waals surface area contributed by atoms with E-state index in [0.717, 1.165) is 78.2 Å². The average molecular weight is 554 g/mol. The van der Waals surface area contributed by atoms with Gasteiger partial charge in [-0.1, -0.05) is 116 Å². The zero-order chi connectivity index (χ0) is 28.5. The van der Waals surface area contributed by atoms with E-state index in [1.807, 2.05) is 6.08 Å². The normalized spacial score (nSPS) is 11.4. The van der Waals surface area contributed by atoms with E-state index in [0.29, 0.717) is 13.0 Å². The topological polar surface area (TPSA) is 48.0 Å². The molecular formula is C34H67NO4. The Morgan fingerprint density at radius 3 is 1.51 bits per heavy atom. The maximum Gasteiger partial charge on any atom is 0.305 e. The molecule has 232 valence electrons. The molecule has 0 aromatic rings. The Labute approximate surface area is 243 Å². The van der Waals surface area contributed by atoms with E-state index in [4.69, 9.17) is 14.2 Å². The summed E-state index contributed by atoms with van der Waals surface area (Å²) < 4.78 is 17.4. The van der Waals surface area contributed by atoms with Gasteiger partial charge >= 0.3 is 5.97 Å². The van der Waals surface area contributed by atoms with Crippen LogP contribution >= 0.6 is 0 Å². The first-order valence-corrected chi connectivity index (χ1v) is 16.9. The highest BCUT2D eigenvalue weighted by atomic mass is 16.5. The Balaban J connectivity index is 4.02. The molecule has 0 radical (unpaired) electrons. The van der Waals surface area contributed by atoms with Gasteiger partial charge in [-0.05, 0) is 32.1 Å². The van der Waals surface area contributed by atoms with E-state index in [1.54, 1.807) is 0 Å². The maximum atomic E-state index is 12.1. The van der Waals surface area contributed by atoms with Crippen LogP contribution in [0.5, 0.6) is 0 Å². The summed E-state index contributed by atoms with van der Waals surface area (Å²) in [5.41, 5.74) is 0. The zero-order valence-corrected chi connectivity index (χ0v) is 26.4. The van der Waals surface area contributed by atoms with Gasteiger partial charge in [-0.15, -0.1) is 6.58 Å². The van der Waals surface area contributed by atoms with Crippen molar-refractivity contribution in [3.8, 4) is 0 Å². The van der Waals surface area contributed by atoms with E-state index in [9.17, 15) is 4.79 Å². The molecule has 0 saturated heterocycles. The monoisotopic (exact) mass is 554 g/mol. The van der Waals surface area contributed by atoms with Crippen LogP contribution in [0.25, 0.3) is 0 Å². The van der Waals surface area contributed by atoms with Crippen LogP contribution in [0.4, 0.5) is 0 Å². The lowest BCUT2D eigenvalue weighted by Crippen LogP contribution is -2.34. The lowest BCUT2D eigenvalue weighted by Gasteiger charge is -2.22. The molecule has 0 fully saturated rings. The smallest absolute Gasteiger partial charge is 0.305 e. The van der Waals surface area contributed by atoms with Crippen molar-refractivity contribution < 1.29 is 19.0 Å². The van der Waals surface area contributed by atoms with Crippen molar-refractivity contribution in [2.75, 3.05) is 52.7 Å². The molecule has 0 bridgehead atoms. The molecule has 0 N–H and O–H groups in total. The van der Waals surface area contributed by atoms with Gasteiger partial charge in [0, 0.05) is 39.3 Å². The number of hydrogen-bond donors (Lipinski definition) is 0. The summed E-state index contributed by atoms with van der Waals surface area (Å²) >= 11 is 0. The molecule has 0 heterocycles. The van der Waals surface area contributed by atoms with E-state index in [1.165, 1.54) is 96.3 Å². The van der Waals surface area contributed by atoms with Gasteiger partial charge in [0.05, 0.1) is 13.2 Å². The predicted octanol–water partition coefficient (Wildman–Crippen LogP) is 9.28. The highest BCUT2D eigenvalue weighted by Gasteiger charge is 2.08. The van der Waals surface area contributed by atoms with Gasteiger partial charge in [-0.3, -0.25) is 9.69 Å². The van der Waals surface area contributed by atoms with Crippen molar-refractivity contribution in [3.05, 3.63) is 12.7 Å². The number of esters is 1. The van der Waals surface area contributed by atoms with Crippen LogP contribution in [0.3, 0.4) is 0 Å². The first-order chi connectivity index (χ1) is 19.2. The van der Waals surface area contributed by atoms with Crippen molar-refractivity contribution in [2.24, 2.45) is 0 Å². The molecule has 39 heavy (non-hydrogen) atoms. The summed E-state index contributed by atoms with van der Waals surface area (Å²) in [5.74, 6) is -0.0635. The van der Waals surface area contributed by atoms with Crippen LogP contribution in [-0.4, -0.2) is 63.5 Å². The molecule has 0 aliphatic carbocycles. The highest BCUT2D eigenvalue weighted by Crippen LogP contribution is 2.09. The van der Waals surface area contributed by atoms with Crippen molar-refractivity contribution in [1.82, 2.24) is 4.90 Å². The summed E-state index contributed by atoms with van der Waals surface area (Å²) in [6.07, 6.45) is 27.5. The fourth-order valence-corrected chi connectivity index (χ4v) is 4.70. The Morgan fingerprint density at radius 2 is 1.00 bits per heavy atom. The summed E-state index contributed by atoms with van der Waals surface area (Å²) in [5, 5.41) is 0. The van der Waals surface area contributed by atoms with Crippen molar-refractivity contribution >= 4 is 5.97 Å². The van der Waals surface area contributed by atoms with E-state index >= 15 is 0 Å². The molecule has 0 saturated carbocycles. The average Bonchev–Trinajstić information content (AvgIpc) is 2.94. The molecule has 0 atom stereocenters. The van der Waals surface area contributed by atoms with E-state index in [2.05, 4.69) is 25.3 Å². The lowest BCUT2D eigenvalue weighted by atomic mass is 10.1. The fourth-order valence-electron chi connectivity index (χ4n) is 4.70. The van der Waals surface area contributed by atoms with Crippen LogP contribution in [0, 0.1) is 0 Å². The largest absolute Gasteiger partial charge is 0.464 e. The summed E-state index contributed by atoms with van der Waals surface area (Å²) in [6, 6.07) is 0. The number of nitrogens with zero attached hydrogens (tertiary/aromatic N) is 1. The van der Waals surface area contributed by atoms with E-state index < -0.39 is 0 Å². The van der Waals surface area contributed by atoms with Gasteiger partial charge in [0.2, 0.25) is 0 Å². The highest BCUT2D eigenvalue weighted by molar-refractivity contribution is 5.69. The second-order valence-corrected chi connectivity index (χ2v) is 11.1. The van der Waals surface area contributed by atoms with E-state index in [-0.39, 0.29) is 5.97 Å². The molecule has 0 aromatic heterocycles. The van der Waals surface area contributed by atoms with Gasteiger partial charge in [-0.25, -0.2) is 0 Å². The summed E-state index contributed by atoms with van der Waals surface area (Å²) in [4.78, 5) is 14.5. The first-order valence-electron chi connectivity index (χ1n) is 16.9. The molecule has 0 aliphatic heterocycles. The van der Waals surface area contributed by atoms with Gasteiger partial charge in [0.25, 0.3) is 0 Å². The summed E-state index contributed by atoms with van der Waals surface area (Å²) in [7, 11) is 0. The molecule has 0 spiro atoms. The minimum atomic E-state index is -0.0635. The molecule has 0 amide bonds. The first kappa shape index (κ1) is 38.1. The number of ether oxygens (including phenoxy) is 3. The SMILES string of the molecule is C=CCCCCCCCC(=O)OCCN(CCOCCCCCCCCC)CCOCCCCCCCCC. The van der Waals surface area contributed by atoms with Crippen molar-refractivity contribution in [2.45, 2.75) is 149 Å². The van der Waals surface area contributed by atoms with Crippen LogP contribution < -0.4 is 0 Å². The predicted molar refractivity (Wildman–Crippen MR) is 168 cm³/mol. The summed E-state index contributed by atoms with van der Waals surface area (Å²) in [6.45, 7) is 14.4. The molecule has 0 rings (SSSR count). The minimum Gasteiger partial charge on any atom is -0.464 e. The Hall–Kier alpha value is -0.910. The third kappa shape index (κ3) is 31.5. The molecular weight excluding hydrogens is 486 g/mol. The quantitative estimate of drug-likeness (QED) is 0.0460. The number of rotatable bonds is 33. The Kier molecular flexibility index (Phi) is 32.5. The van der Waals surface area contributed by atoms with Crippen LogP contribution in [0.1, 0.15) is 149 Å². The van der Waals surface area contributed by atoms with Gasteiger partial charge in [0.15, 0.2) is 0 Å². The standard InChI is InChI=1S/C34H67NO4/c1-4-7-10-13-16-19-22-25-34(36)39-33-28-35(26-31-37-29-23-20-17-14-11-8-5-2)27-32-38-30-24-21-18-15-12-9-6-3/h4H,1,5-33H2,2-3H3. The third-order valence-corrected chi connectivity index (χ3v) is 7.35. The maximum absolute atomic E-state index is 12.1. The zero-order valence-electron chi connectivity index (χ0n) is 26.4. The Morgan fingerprint density at radius 1 is 0.564 bits per heavy atom. The number of carbonyl (C=O) groups is 1. The molecule has 0 aliphatic rings. The van der Waals surface area contributed by atoms with Crippen LogP contribution in [0.15, 0.2) is 12.7 Å². The molecule has 5 heteroatoms.